The molecule has 0 atom stereocenters. The van der Waals surface area contributed by atoms with Gasteiger partial charge in [0.2, 0.25) is 10.0 Å². The van der Waals surface area contributed by atoms with Crippen LogP contribution in [-0.2, 0) is 16.6 Å². The van der Waals surface area contributed by atoms with Crippen molar-refractivity contribution in [1.29, 1.82) is 0 Å². The van der Waals surface area contributed by atoms with Crippen molar-refractivity contribution in [2.24, 2.45) is 0 Å². The molecule has 2 aromatic rings. The number of pyridine rings is 1. The van der Waals surface area contributed by atoms with E-state index in [1.54, 1.807) is 13.1 Å². The van der Waals surface area contributed by atoms with Crippen LogP contribution in [0.5, 0.6) is 0 Å². The first-order valence-electron chi connectivity index (χ1n) is 5.37. The molecule has 0 aromatic carbocycles. The van der Waals surface area contributed by atoms with E-state index in [2.05, 4.69) is 31.0 Å². The van der Waals surface area contributed by atoms with Crippen molar-refractivity contribution in [3.05, 3.63) is 40.9 Å². The normalized spacial score (nSPS) is 11.5. The van der Waals surface area contributed by atoms with Crippen LogP contribution in [0.25, 0.3) is 0 Å². The summed E-state index contributed by atoms with van der Waals surface area (Å²) in [5.74, 6) is 0.294. The van der Waals surface area contributed by atoms with Gasteiger partial charge in [0.05, 0.1) is 12.5 Å². The molecule has 0 amide bonds. The van der Waals surface area contributed by atoms with Crippen molar-refractivity contribution in [3.8, 4) is 0 Å². The summed E-state index contributed by atoms with van der Waals surface area (Å²) in [6.07, 6.45) is 4.50. The third-order valence-electron chi connectivity index (χ3n) is 2.39. The molecule has 6 nitrogen and oxygen atoms in total. The highest BCUT2D eigenvalue weighted by Gasteiger charge is 2.19. The second-order valence-electron chi connectivity index (χ2n) is 3.71. The van der Waals surface area contributed by atoms with E-state index in [-0.39, 0.29) is 11.4 Å². The zero-order chi connectivity index (χ0) is 13.9. The molecular formula is C11H12BrN3O3S. The topological polar surface area (TPSA) is 84.2 Å². The fourth-order valence-corrected chi connectivity index (χ4v) is 3.15. The number of nitrogens with one attached hydrogen (secondary N) is 2. The lowest BCUT2D eigenvalue weighted by atomic mass is 10.4. The van der Waals surface area contributed by atoms with Crippen molar-refractivity contribution in [1.82, 2.24) is 9.71 Å². The maximum absolute atomic E-state index is 12.2. The van der Waals surface area contributed by atoms with E-state index in [1.165, 1.54) is 24.8 Å². The smallest absolute Gasteiger partial charge is 0.244 e. The summed E-state index contributed by atoms with van der Waals surface area (Å²) in [4.78, 5) is 4.10. The highest BCUT2D eigenvalue weighted by Crippen LogP contribution is 2.22. The van der Waals surface area contributed by atoms with Gasteiger partial charge in [-0.3, -0.25) is 0 Å². The number of nitrogens with zero attached hydrogens (tertiary/aromatic N) is 1. The highest BCUT2D eigenvalue weighted by molar-refractivity contribution is 9.10. The molecule has 0 aliphatic heterocycles. The van der Waals surface area contributed by atoms with E-state index in [4.69, 9.17) is 4.42 Å². The Labute approximate surface area is 119 Å². The molecule has 0 radical (unpaired) electrons. The minimum Gasteiger partial charge on any atom is -0.472 e. The van der Waals surface area contributed by atoms with Gasteiger partial charge in [-0.25, -0.2) is 18.1 Å². The summed E-state index contributed by atoms with van der Waals surface area (Å²) in [6.45, 7) is 0.161. The van der Waals surface area contributed by atoms with Crippen molar-refractivity contribution < 1.29 is 12.8 Å². The third kappa shape index (κ3) is 3.34. The first-order valence-corrected chi connectivity index (χ1v) is 7.64. The van der Waals surface area contributed by atoms with Crippen LogP contribution in [0.4, 0.5) is 5.82 Å². The molecule has 0 fully saturated rings. The van der Waals surface area contributed by atoms with Crippen molar-refractivity contribution >= 4 is 31.8 Å². The number of hydrogen-bond donors (Lipinski definition) is 2. The molecule has 8 heteroatoms. The summed E-state index contributed by atoms with van der Waals surface area (Å²) >= 11 is 3.21. The molecule has 19 heavy (non-hydrogen) atoms. The summed E-state index contributed by atoms with van der Waals surface area (Å²) in [5, 5.41) is 2.75. The lowest BCUT2D eigenvalue weighted by Gasteiger charge is -2.10. The Morgan fingerprint density at radius 1 is 1.47 bits per heavy atom. The van der Waals surface area contributed by atoms with Gasteiger partial charge in [0.25, 0.3) is 0 Å². The van der Waals surface area contributed by atoms with Gasteiger partial charge in [0.15, 0.2) is 0 Å². The molecule has 2 aromatic heterocycles. The molecule has 2 rings (SSSR count). The van der Waals surface area contributed by atoms with Crippen LogP contribution in [0.1, 0.15) is 5.56 Å². The van der Waals surface area contributed by atoms with Crippen LogP contribution in [0.3, 0.4) is 0 Å². The van der Waals surface area contributed by atoms with Crippen molar-refractivity contribution in [2.45, 2.75) is 11.4 Å². The molecule has 0 spiro atoms. The number of halogens is 1. The molecule has 0 unspecified atom stereocenters. The second-order valence-corrected chi connectivity index (χ2v) is 6.36. The molecule has 0 aliphatic carbocycles. The average Bonchev–Trinajstić information content (AvgIpc) is 2.89. The van der Waals surface area contributed by atoms with Crippen LogP contribution in [0, 0.1) is 0 Å². The van der Waals surface area contributed by atoms with Crippen LogP contribution < -0.4 is 10.0 Å². The minimum atomic E-state index is -3.65. The minimum absolute atomic E-state index is 0.0906. The molecule has 0 saturated carbocycles. The van der Waals surface area contributed by atoms with Crippen molar-refractivity contribution in [3.63, 3.8) is 0 Å². The fourth-order valence-electron chi connectivity index (χ4n) is 1.46. The summed E-state index contributed by atoms with van der Waals surface area (Å²) in [5.41, 5.74) is 0.748. The molecule has 2 heterocycles. The molecule has 2 N–H and O–H groups in total. The van der Waals surface area contributed by atoms with Gasteiger partial charge in [-0.15, -0.1) is 0 Å². The van der Waals surface area contributed by atoms with E-state index in [9.17, 15) is 8.42 Å². The van der Waals surface area contributed by atoms with E-state index >= 15 is 0 Å². The van der Waals surface area contributed by atoms with Gasteiger partial charge in [0.1, 0.15) is 10.7 Å². The first-order chi connectivity index (χ1) is 9.03. The van der Waals surface area contributed by atoms with Gasteiger partial charge >= 0.3 is 0 Å². The molecule has 102 valence electrons. The van der Waals surface area contributed by atoms with Gasteiger partial charge < -0.3 is 9.73 Å². The predicted molar refractivity (Wildman–Crippen MR) is 74.2 cm³/mol. The predicted octanol–water partition coefficient (Wildman–Crippen LogP) is 1.96. The number of anilines is 1. The van der Waals surface area contributed by atoms with Crippen LogP contribution in [-0.4, -0.2) is 20.4 Å². The van der Waals surface area contributed by atoms with Crippen LogP contribution >= 0.6 is 15.9 Å². The Kier molecular flexibility index (Phi) is 4.23. The number of hydrogen-bond acceptors (Lipinski definition) is 5. The van der Waals surface area contributed by atoms with E-state index in [0.717, 1.165) is 5.56 Å². The summed E-state index contributed by atoms with van der Waals surface area (Å²) in [6, 6.07) is 3.19. The van der Waals surface area contributed by atoms with E-state index in [1.807, 2.05) is 0 Å². The number of aromatic nitrogens is 1. The first kappa shape index (κ1) is 14.0. The third-order valence-corrected chi connectivity index (χ3v) is 4.24. The molecule has 0 bridgehead atoms. The Morgan fingerprint density at radius 3 is 2.89 bits per heavy atom. The number of furan rings is 1. The highest BCUT2D eigenvalue weighted by atomic mass is 79.9. The van der Waals surface area contributed by atoms with Crippen LogP contribution in [0.2, 0.25) is 0 Å². The quantitative estimate of drug-likeness (QED) is 0.865. The Morgan fingerprint density at radius 2 is 2.26 bits per heavy atom. The van der Waals surface area contributed by atoms with E-state index in [0.29, 0.717) is 10.3 Å². The second kappa shape index (κ2) is 5.72. The summed E-state index contributed by atoms with van der Waals surface area (Å²) < 4.78 is 32.4. The molecular weight excluding hydrogens is 334 g/mol. The fraction of sp³-hybridized carbons (Fsp3) is 0.182. The lowest BCUT2D eigenvalue weighted by molar-refractivity contribution is 0.561. The number of sulfonamides is 1. The van der Waals surface area contributed by atoms with Gasteiger partial charge in [0, 0.05) is 29.8 Å². The van der Waals surface area contributed by atoms with Gasteiger partial charge in [-0.05, 0) is 28.1 Å². The lowest BCUT2D eigenvalue weighted by Crippen LogP contribution is -2.24. The standard InChI is InChI=1S/C11H12BrN3O3S/c1-13-11-10(4-9(12)6-14-11)19(16,17)15-5-8-2-3-18-7-8/h2-4,6-7,15H,5H2,1H3,(H,13,14). The largest absolute Gasteiger partial charge is 0.472 e. The van der Waals surface area contributed by atoms with E-state index < -0.39 is 10.0 Å². The Balaban J connectivity index is 2.26. The monoisotopic (exact) mass is 345 g/mol. The van der Waals surface area contributed by atoms with Gasteiger partial charge in [-0.2, -0.15) is 0 Å². The zero-order valence-electron chi connectivity index (χ0n) is 10.1. The van der Waals surface area contributed by atoms with Crippen LogP contribution in [0.15, 0.2) is 44.6 Å². The average molecular weight is 346 g/mol. The zero-order valence-corrected chi connectivity index (χ0v) is 12.5. The maximum atomic E-state index is 12.2. The van der Waals surface area contributed by atoms with Crippen molar-refractivity contribution in [2.75, 3.05) is 12.4 Å². The molecule has 0 saturated heterocycles. The molecule has 0 aliphatic rings. The van der Waals surface area contributed by atoms with Gasteiger partial charge in [-0.1, -0.05) is 0 Å². The Hall–Kier alpha value is -1.38. The Bertz CT molecular complexity index is 656. The number of rotatable bonds is 5. The maximum Gasteiger partial charge on any atom is 0.244 e. The summed E-state index contributed by atoms with van der Waals surface area (Å²) in [7, 11) is -2.03. The SMILES string of the molecule is CNc1ncc(Br)cc1S(=O)(=O)NCc1ccoc1.